The van der Waals surface area contributed by atoms with Crippen molar-refractivity contribution in [1.29, 1.82) is 0 Å². The molecular weight excluding hydrogens is 240 g/mol. The normalized spacial score (nSPS) is 12.3. The minimum Gasteiger partial charge on any atom is -0.311 e. The second kappa shape index (κ2) is 5.61. The fraction of sp³-hybridized carbons (Fsp3) is 0.700. The molecule has 0 radical (unpaired) electrons. The minimum absolute atomic E-state index is 0.0513. The zero-order chi connectivity index (χ0) is 13.1. The van der Waals surface area contributed by atoms with E-state index in [-0.39, 0.29) is 5.75 Å². The number of sulfonamides is 1. The Morgan fingerprint density at radius 1 is 1.53 bits per heavy atom. The number of hydrogen-bond acceptors (Lipinski definition) is 4. The van der Waals surface area contributed by atoms with Gasteiger partial charge in [-0.2, -0.15) is 5.10 Å². The Kier molecular flexibility index (Phi) is 4.67. The summed E-state index contributed by atoms with van der Waals surface area (Å²) in [6.07, 6.45) is 1.94. The van der Waals surface area contributed by atoms with E-state index in [2.05, 4.69) is 24.3 Å². The van der Waals surface area contributed by atoms with Gasteiger partial charge >= 0.3 is 0 Å². The van der Waals surface area contributed by atoms with Gasteiger partial charge in [0.15, 0.2) is 0 Å². The zero-order valence-corrected chi connectivity index (χ0v) is 11.3. The fourth-order valence-corrected chi connectivity index (χ4v) is 2.04. The van der Waals surface area contributed by atoms with Gasteiger partial charge in [0.05, 0.1) is 11.4 Å². The van der Waals surface area contributed by atoms with Crippen LogP contribution in [0.2, 0.25) is 0 Å². The third-order valence-electron chi connectivity index (χ3n) is 2.36. The van der Waals surface area contributed by atoms with Crippen molar-refractivity contribution in [2.45, 2.75) is 26.3 Å². The summed E-state index contributed by atoms with van der Waals surface area (Å²) in [5.41, 5.74) is 2.13. The van der Waals surface area contributed by atoms with Gasteiger partial charge in [-0.05, 0) is 5.92 Å². The number of rotatable bonds is 6. The van der Waals surface area contributed by atoms with Gasteiger partial charge in [-0.15, -0.1) is 0 Å². The molecule has 98 valence electrons. The average molecular weight is 260 g/mol. The monoisotopic (exact) mass is 260 g/mol. The highest BCUT2D eigenvalue weighted by atomic mass is 32.2. The van der Waals surface area contributed by atoms with E-state index in [1.807, 2.05) is 13.2 Å². The Labute approximate surface area is 102 Å². The molecule has 0 amide bonds. The van der Waals surface area contributed by atoms with E-state index < -0.39 is 10.0 Å². The first kappa shape index (κ1) is 14.1. The molecule has 0 saturated carbocycles. The van der Waals surface area contributed by atoms with Crippen LogP contribution in [-0.4, -0.2) is 30.5 Å². The summed E-state index contributed by atoms with van der Waals surface area (Å²) in [5, 5.41) is 12.3. The topological polar surface area (TPSA) is 90.0 Å². The molecule has 1 heterocycles. The first-order valence-corrected chi connectivity index (χ1v) is 7.24. The van der Waals surface area contributed by atoms with Crippen LogP contribution in [0.15, 0.2) is 6.20 Å². The third kappa shape index (κ3) is 4.84. The van der Waals surface area contributed by atoms with E-state index in [0.717, 1.165) is 11.3 Å². The van der Waals surface area contributed by atoms with Crippen LogP contribution in [0.4, 0.5) is 0 Å². The minimum atomic E-state index is -3.38. The molecule has 1 aromatic heterocycles. The maximum atomic E-state index is 10.7. The second-order valence-electron chi connectivity index (χ2n) is 4.41. The molecule has 1 aromatic rings. The van der Waals surface area contributed by atoms with Crippen LogP contribution in [0.5, 0.6) is 0 Å². The number of nitrogens with two attached hydrogens (primary N) is 1. The maximum Gasteiger partial charge on any atom is 0.210 e. The van der Waals surface area contributed by atoms with Crippen LogP contribution in [-0.2, 0) is 23.6 Å². The Balaban J connectivity index is 2.52. The van der Waals surface area contributed by atoms with Crippen LogP contribution in [0.25, 0.3) is 0 Å². The van der Waals surface area contributed by atoms with Crippen molar-refractivity contribution in [2.75, 3.05) is 12.3 Å². The highest BCUT2D eigenvalue weighted by molar-refractivity contribution is 7.89. The van der Waals surface area contributed by atoms with Gasteiger partial charge < -0.3 is 5.32 Å². The van der Waals surface area contributed by atoms with Gasteiger partial charge in [-0.3, -0.25) is 4.68 Å². The summed E-state index contributed by atoms with van der Waals surface area (Å²) in [4.78, 5) is 0. The van der Waals surface area contributed by atoms with Crippen molar-refractivity contribution in [2.24, 2.45) is 12.2 Å². The lowest BCUT2D eigenvalue weighted by molar-refractivity contribution is 0.592. The first-order valence-electron chi connectivity index (χ1n) is 5.53. The van der Waals surface area contributed by atoms with Crippen LogP contribution in [0.1, 0.15) is 31.0 Å². The molecule has 6 nitrogen and oxygen atoms in total. The van der Waals surface area contributed by atoms with Crippen molar-refractivity contribution in [3.8, 4) is 0 Å². The van der Waals surface area contributed by atoms with Gasteiger partial charge in [0.25, 0.3) is 0 Å². The average Bonchev–Trinajstić information content (AvgIpc) is 2.53. The molecule has 3 N–H and O–H groups in total. The quantitative estimate of drug-likeness (QED) is 0.700. The van der Waals surface area contributed by atoms with E-state index >= 15 is 0 Å². The van der Waals surface area contributed by atoms with Crippen molar-refractivity contribution in [3.05, 3.63) is 17.5 Å². The van der Waals surface area contributed by atoms with E-state index in [1.165, 1.54) is 0 Å². The molecule has 17 heavy (non-hydrogen) atoms. The molecule has 0 spiro atoms. The van der Waals surface area contributed by atoms with Gasteiger partial charge in [-0.1, -0.05) is 13.8 Å². The number of aryl methyl sites for hydroxylation is 1. The standard InChI is InChI=1S/C10H20N4O2S/c1-8(2)10-9(7-14(3)13-10)6-12-4-5-17(11,15)16/h7-8,12H,4-6H2,1-3H3,(H2,11,15,16). The molecule has 0 atom stereocenters. The van der Waals surface area contributed by atoms with E-state index in [9.17, 15) is 8.42 Å². The fourth-order valence-electron chi connectivity index (χ4n) is 1.61. The van der Waals surface area contributed by atoms with Crippen molar-refractivity contribution < 1.29 is 8.42 Å². The number of primary sulfonamides is 1. The summed E-state index contributed by atoms with van der Waals surface area (Å²) < 4.78 is 23.3. The number of nitrogens with one attached hydrogen (secondary N) is 1. The van der Waals surface area contributed by atoms with Crippen LogP contribution >= 0.6 is 0 Å². The van der Waals surface area contributed by atoms with Gasteiger partial charge in [-0.25, -0.2) is 13.6 Å². The van der Waals surface area contributed by atoms with E-state index in [1.54, 1.807) is 4.68 Å². The predicted molar refractivity (Wildman–Crippen MR) is 67.0 cm³/mol. The van der Waals surface area contributed by atoms with Gasteiger partial charge in [0.2, 0.25) is 10.0 Å². The molecule has 0 aliphatic heterocycles. The molecule has 0 unspecified atom stereocenters. The first-order chi connectivity index (χ1) is 7.79. The van der Waals surface area contributed by atoms with Crippen LogP contribution < -0.4 is 10.5 Å². The lowest BCUT2D eigenvalue weighted by atomic mass is 10.1. The maximum absolute atomic E-state index is 10.7. The van der Waals surface area contributed by atoms with Crippen molar-refractivity contribution >= 4 is 10.0 Å². The van der Waals surface area contributed by atoms with Crippen molar-refractivity contribution in [1.82, 2.24) is 15.1 Å². The molecule has 7 heteroatoms. The molecule has 0 aliphatic carbocycles. The summed E-state index contributed by atoms with van der Waals surface area (Å²) in [6.45, 7) is 5.12. The Morgan fingerprint density at radius 2 is 2.18 bits per heavy atom. The molecule has 0 aliphatic rings. The summed E-state index contributed by atoms with van der Waals surface area (Å²) in [7, 11) is -1.51. The Bertz CT molecular complexity index is 465. The van der Waals surface area contributed by atoms with E-state index in [4.69, 9.17) is 5.14 Å². The highest BCUT2D eigenvalue weighted by Gasteiger charge is 2.11. The van der Waals surface area contributed by atoms with Crippen LogP contribution in [0.3, 0.4) is 0 Å². The molecule has 1 rings (SSSR count). The highest BCUT2D eigenvalue weighted by Crippen LogP contribution is 2.16. The number of aromatic nitrogens is 2. The van der Waals surface area contributed by atoms with Gasteiger partial charge in [0.1, 0.15) is 0 Å². The van der Waals surface area contributed by atoms with E-state index in [0.29, 0.717) is 19.0 Å². The predicted octanol–water partition coefficient (Wildman–Crippen LogP) is -0.0784. The Hall–Kier alpha value is -0.920. The lowest BCUT2D eigenvalue weighted by Gasteiger charge is -2.06. The largest absolute Gasteiger partial charge is 0.311 e. The molecular formula is C10H20N4O2S. The van der Waals surface area contributed by atoms with Crippen molar-refractivity contribution in [3.63, 3.8) is 0 Å². The third-order valence-corrected chi connectivity index (χ3v) is 3.14. The summed E-state index contributed by atoms with van der Waals surface area (Å²) in [6, 6.07) is 0. The zero-order valence-electron chi connectivity index (χ0n) is 10.5. The molecule has 0 saturated heterocycles. The lowest BCUT2D eigenvalue weighted by Crippen LogP contribution is -2.27. The van der Waals surface area contributed by atoms with Crippen LogP contribution in [0, 0.1) is 0 Å². The summed E-state index contributed by atoms with van der Waals surface area (Å²) >= 11 is 0. The van der Waals surface area contributed by atoms with Gasteiger partial charge in [0, 0.05) is 31.9 Å². The summed E-state index contributed by atoms with van der Waals surface area (Å²) in [5.74, 6) is 0.302. The number of hydrogen-bond donors (Lipinski definition) is 2. The molecule has 0 fully saturated rings. The SMILES string of the molecule is CC(C)c1nn(C)cc1CNCCS(N)(=O)=O. The smallest absolute Gasteiger partial charge is 0.210 e. The number of nitrogens with zero attached hydrogens (tertiary/aromatic N) is 2. The molecule has 0 bridgehead atoms. The molecule has 0 aromatic carbocycles. The second-order valence-corrected chi connectivity index (χ2v) is 6.15. The Morgan fingerprint density at radius 3 is 2.71 bits per heavy atom.